The van der Waals surface area contributed by atoms with Gasteiger partial charge in [-0.25, -0.2) is 0 Å². The third-order valence-corrected chi connectivity index (χ3v) is 4.99. The summed E-state index contributed by atoms with van der Waals surface area (Å²) in [6, 6.07) is 8.48. The van der Waals surface area contributed by atoms with Gasteiger partial charge in [0, 0.05) is 29.5 Å². The third kappa shape index (κ3) is 2.57. The van der Waals surface area contributed by atoms with Crippen LogP contribution in [-0.2, 0) is 0 Å². The van der Waals surface area contributed by atoms with Gasteiger partial charge in [-0.2, -0.15) is 0 Å². The molecule has 0 aliphatic carbocycles. The van der Waals surface area contributed by atoms with Crippen molar-refractivity contribution in [3.63, 3.8) is 0 Å². The van der Waals surface area contributed by atoms with Crippen molar-refractivity contribution in [2.75, 3.05) is 18.1 Å². The molecule has 3 nitrogen and oxygen atoms in total. The molecule has 2 saturated heterocycles. The van der Waals surface area contributed by atoms with Gasteiger partial charge >= 0.3 is 0 Å². The van der Waals surface area contributed by atoms with Crippen molar-refractivity contribution in [3.8, 4) is 0 Å². The molecule has 0 radical (unpaired) electrons. The second kappa shape index (κ2) is 5.04. The summed E-state index contributed by atoms with van der Waals surface area (Å²) >= 11 is 0. The molecule has 104 valence electrons. The van der Waals surface area contributed by atoms with Gasteiger partial charge in [0.05, 0.1) is 0 Å². The lowest BCUT2D eigenvalue weighted by Crippen LogP contribution is -2.52. The molecule has 0 aromatic heterocycles. The van der Waals surface area contributed by atoms with Crippen LogP contribution in [0.1, 0.15) is 37.7 Å². The molecular weight excluding hydrogens is 234 g/mol. The predicted octanol–water partition coefficient (Wildman–Crippen LogP) is 3.00. The average molecular weight is 259 g/mol. The van der Waals surface area contributed by atoms with Crippen LogP contribution in [0.25, 0.3) is 0 Å². The second-order valence-electron chi connectivity index (χ2n) is 6.29. The molecule has 1 aromatic rings. The molecule has 0 spiro atoms. The van der Waals surface area contributed by atoms with Gasteiger partial charge in [0.15, 0.2) is 0 Å². The summed E-state index contributed by atoms with van der Waals surface area (Å²) in [5, 5.41) is 3.69. The Labute approximate surface area is 116 Å². The van der Waals surface area contributed by atoms with E-state index in [2.05, 4.69) is 42.4 Å². The fourth-order valence-electron chi connectivity index (χ4n) is 3.70. The summed E-state index contributed by atoms with van der Waals surface area (Å²) < 4.78 is 0. The van der Waals surface area contributed by atoms with Gasteiger partial charge in [-0.15, -0.1) is 0 Å². The highest BCUT2D eigenvalue weighted by Gasteiger charge is 2.35. The fraction of sp³-hybridized carbons (Fsp3) is 0.625. The topological polar surface area (TPSA) is 41.3 Å². The number of anilines is 2. The summed E-state index contributed by atoms with van der Waals surface area (Å²) in [4.78, 5) is 2.60. The van der Waals surface area contributed by atoms with Crippen molar-refractivity contribution in [1.82, 2.24) is 4.90 Å². The van der Waals surface area contributed by atoms with Crippen LogP contribution in [0.2, 0.25) is 0 Å². The van der Waals surface area contributed by atoms with Gasteiger partial charge in [0.25, 0.3) is 0 Å². The smallest absolute Gasteiger partial charge is 0.0364 e. The first-order chi connectivity index (χ1) is 9.13. The number of benzene rings is 1. The highest BCUT2D eigenvalue weighted by molar-refractivity contribution is 5.58. The van der Waals surface area contributed by atoms with E-state index in [0.29, 0.717) is 6.04 Å². The number of nitrogen functional groups attached to an aromatic ring is 1. The molecule has 1 aromatic carbocycles. The molecule has 2 aliphatic heterocycles. The van der Waals surface area contributed by atoms with E-state index in [9.17, 15) is 0 Å². The van der Waals surface area contributed by atoms with E-state index >= 15 is 0 Å². The van der Waals surface area contributed by atoms with E-state index in [1.165, 1.54) is 37.8 Å². The van der Waals surface area contributed by atoms with E-state index in [4.69, 9.17) is 5.73 Å². The number of piperidine rings is 2. The van der Waals surface area contributed by atoms with Crippen LogP contribution in [0.5, 0.6) is 0 Å². The van der Waals surface area contributed by atoms with E-state index in [0.717, 1.165) is 23.3 Å². The molecule has 2 heterocycles. The Hall–Kier alpha value is -1.22. The molecule has 3 N–H and O–H groups in total. The number of nitrogens with zero attached hydrogens (tertiary/aromatic N) is 1. The maximum absolute atomic E-state index is 5.99. The molecule has 3 heteroatoms. The summed E-state index contributed by atoms with van der Waals surface area (Å²) in [5.74, 6) is 0. The average Bonchev–Trinajstić information content (AvgIpc) is 2.35. The first kappa shape index (κ1) is 12.8. The van der Waals surface area contributed by atoms with Crippen LogP contribution in [0.4, 0.5) is 11.4 Å². The van der Waals surface area contributed by atoms with Crippen LogP contribution in [0.3, 0.4) is 0 Å². The molecular formula is C16H25N3. The summed E-state index contributed by atoms with van der Waals surface area (Å²) in [7, 11) is 2.30. The highest BCUT2D eigenvalue weighted by atomic mass is 15.2. The maximum atomic E-state index is 5.99. The molecule has 2 bridgehead atoms. The molecule has 3 rings (SSSR count). The number of nitrogens with one attached hydrogen (secondary N) is 1. The first-order valence-corrected chi connectivity index (χ1v) is 7.48. The normalized spacial score (nSPS) is 31.2. The molecule has 2 atom stereocenters. The van der Waals surface area contributed by atoms with Gasteiger partial charge in [-0.3, -0.25) is 0 Å². The molecule has 2 aliphatic rings. The van der Waals surface area contributed by atoms with Gasteiger partial charge in [0.1, 0.15) is 0 Å². The zero-order chi connectivity index (χ0) is 13.4. The zero-order valence-corrected chi connectivity index (χ0v) is 12.0. The number of aryl methyl sites for hydroxylation is 1. The van der Waals surface area contributed by atoms with Crippen molar-refractivity contribution < 1.29 is 0 Å². The minimum absolute atomic E-state index is 0.605. The molecule has 0 amide bonds. The SMILES string of the molecule is Cc1ccc(NC2CC3CCCC(C2)N3C)cc1N. The number of fused-ring (bicyclic) bond motifs is 2. The predicted molar refractivity (Wildman–Crippen MR) is 81.4 cm³/mol. The van der Waals surface area contributed by atoms with E-state index in [1.54, 1.807) is 0 Å². The number of nitrogens with two attached hydrogens (primary N) is 1. The van der Waals surface area contributed by atoms with Crippen molar-refractivity contribution >= 4 is 11.4 Å². The van der Waals surface area contributed by atoms with Crippen molar-refractivity contribution in [1.29, 1.82) is 0 Å². The maximum Gasteiger partial charge on any atom is 0.0364 e. The quantitative estimate of drug-likeness (QED) is 0.802. The summed E-state index contributed by atoms with van der Waals surface area (Å²) in [5.41, 5.74) is 9.21. The van der Waals surface area contributed by atoms with Gasteiger partial charge in [0.2, 0.25) is 0 Å². The van der Waals surface area contributed by atoms with Gasteiger partial charge in [-0.1, -0.05) is 12.5 Å². The zero-order valence-electron chi connectivity index (χ0n) is 12.0. The fourth-order valence-corrected chi connectivity index (χ4v) is 3.70. The number of rotatable bonds is 2. The summed E-state index contributed by atoms with van der Waals surface area (Å²) in [6.45, 7) is 2.05. The van der Waals surface area contributed by atoms with Gasteiger partial charge in [-0.05, 0) is 57.4 Å². The van der Waals surface area contributed by atoms with Crippen LogP contribution in [0, 0.1) is 6.92 Å². The highest BCUT2D eigenvalue weighted by Crippen LogP contribution is 2.34. The number of hydrogen-bond acceptors (Lipinski definition) is 3. The monoisotopic (exact) mass is 259 g/mol. The van der Waals surface area contributed by atoms with E-state index in [1.807, 2.05) is 0 Å². The molecule has 2 fully saturated rings. The Balaban J connectivity index is 1.69. The Bertz CT molecular complexity index is 443. The minimum Gasteiger partial charge on any atom is -0.398 e. The van der Waals surface area contributed by atoms with E-state index < -0.39 is 0 Å². The molecule has 19 heavy (non-hydrogen) atoms. The number of hydrogen-bond donors (Lipinski definition) is 2. The van der Waals surface area contributed by atoms with Crippen LogP contribution in [0.15, 0.2) is 18.2 Å². The molecule has 0 saturated carbocycles. The molecule has 2 unspecified atom stereocenters. The van der Waals surface area contributed by atoms with Crippen molar-refractivity contribution in [2.24, 2.45) is 0 Å². The lowest BCUT2D eigenvalue weighted by atomic mass is 9.82. The van der Waals surface area contributed by atoms with Crippen LogP contribution >= 0.6 is 0 Å². The Morgan fingerprint density at radius 1 is 1.21 bits per heavy atom. The standard InChI is InChI=1S/C16H25N3/c1-11-6-7-12(10-16(11)17)18-13-8-14-4-3-5-15(9-13)19(14)2/h6-7,10,13-15,18H,3-5,8-9,17H2,1-2H3. The largest absolute Gasteiger partial charge is 0.398 e. The Kier molecular flexibility index (Phi) is 3.40. The Morgan fingerprint density at radius 2 is 1.89 bits per heavy atom. The third-order valence-electron chi connectivity index (χ3n) is 4.99. The first-order valence-electron chi connectivity index (χ1n) is 7.48. The second-order valence-corrected chi connectivity index (χ2v) is 6.29. The van der Waals surface area contributed by atoms with E-state index in [-0.39, 0.29) is 0 Å². The lowest BCUT2D eigenvalue weighted by molar-refractivity contribution is 0.0608. The lowest BCUT2D eigenvalue weighted by Gasteiger charge is -2.47. The van der Waals surface area contributed by atoms with Crippen molar-refractivity contribution in [2.45, 2.75) is 57.2 Å². The van der Waals surface area contributed by atoms with Crippen molar-refractivity contribution in [3.05, 3.63) is 23.8 Å². The summed E-state index contributed by atoms with van der Waals surface area (Å²) in [6.07, 6.45) is 6.66. The van der Waals surface area contributed by atoms with Gasteiger partial charge < -0.3 is 16.0 Å². The minimum atomic E-state index is 0.605. The Morgan fingerprint density at radius 3 is 2.53 bits per heavy atom. The van der Waals surface area contributed by atoms with Crippen LogP contribution in [-0.4, -0.2) is 30.1 Å². The van der Waals surface area contributed by atoms with Crippen LogP contribution < -0.4 is 11.1 Å².